The van der Waals surface area contributed by atoms with Gasteiger partial charge in [-0.25, -0.2) is 0 Å². The van der Waals surface area contributed by atoms with Crippen LogP contribution in [0.4, 0.5) is 0 Å². The molecule has 0 amide bonds. The molecule has 0 spiro atoms. The van der Waals surface area contributed by atoms with E-state index in [1.807, 2.05) is 0 Å². The first-order valence-corrected chi connectivity index (χ1v) is 11.0. The van der Waals surface area contributed by atoms with Gasteiger partial charge in [-0.3, -0.25) is 19.6 Å². The first-order chi connectivity index (χ1) is 13.9. The van der Waals surface area contributed by atoms with Gasteiger partial charge in [-0.15, -0.1) is 0 Å². The Balaban J connectivity index is 1.45. The summed E-state index contributed by atoms with van der Waals surface area (Å²) in [6.45, 7) is 9.43. The molecule has 2 aromatic carbocycles. The molecule has 3 heterocycles. The molecule has 0 N–H and O–H groups in total. The van der Waals surface area contributed by atoms with Gasteiger partial charge in [0.15, 0.2) is 0 Å². The van der Waals surface area contributed by atoms with Crippen molar-refractivity contribution in [1.82, 2.24) is 19.6 Å². The second-order valence-electron chi connectivity index (χ2n) is 8.42. The lowest BCUT2D eigenvalue weighted by Crippen LogP contribution is -2.57. The second kappa shape index (κ2) is 8.34. The topological polar surface area (TPSA) is 13.0 Å². The molecule has 4 unspecified atom stereocenters. The fourth-order valence-corrected chi connectivity index (χ4v) is 5.45. The van der Waals surface area contributed by atoms with Crippen molar-refractivity contribution < 1.29 is 0 Å². The number of hydrogen-bond acceptors (Lipinski definition) is 4. The van der Waals surface area contributed by atoms with Gasteiger partial charge in [-0.2, -0.15) is 0 Å². The molecule has 4 heteroatoms. The van der Waals surface area contributed by atoms with E-state index in [2.05, 4.69) is 80.3 Å². The minimum absolute atomic E-state index is 0.436. The predicted octanol–water partition coefficient (Wildman–Crippen LogP) is 3.41. The molecule has 3 saturated heterocycles. The number of hydrogen-bond donors (Lipinski definition) is 0. The van der Waals surface area contributed by atoms with E-state index in [9.17, 15) is 0 Å². The molecule has 28 heavy (non-hydrogen) atoms. The van der Waals surface area contributed by atoms with E-state index in [0.717, 1.165) is 26.2 Å². The van der Waals surface area contributed by atoms with Crippen molar-refractivity contribution in [2.24, 2.45) is 0 Å². The summed E-state index contributed by atoms with van der Waals surface area (Å²) in [7, 11) is 0. The molecule has 3 aliphatic rings. The molecular formula is C24H32N4. The van der Waals surface area contributed by atoms with E-state index in [0.29, 0.717) is 12.3 Å². The summed E-state index contributed by atoms with van der Waals surface area (Å²) in [6.07, 6.45) is 3.44. The second-order valence-corrected chi connectivity index (χ2v) is 8.42. The Kier molecular flexibility index (Phi) is 5.45. The number of rotatable bonds is 2. The summed E-state index contributed by atoms with van der Waals surface area (Å²) in [6, 6.07) is 22.3. The van der Waals surface area contributed by atoms with E-state index in [4.69, 9.17) is 0 Å². The first kappa shape index (κ1) is 18.3. The molecule has 0 saturated carbocycles. The summed E-state index contributed by atoms with van der Waals surface area (Å²) in [4.78, 5) is 10.9. The third kappa shape index (κ3) is 3.62. The van der Waals surface area contributed by atoms with Crippen molar-refractivity contribution in [3.63, 3.8) is 0 Å². The molecule has 0 radical (unpaired) electrons. The zero-order valence-electron chi connectivity index (χ0n) is 16.8. The minimum atomic E-state index is 0.436. The largest absolute Gasteiger partial charge is 0.283 e. The predicted molar refractivity (Wildman–Crippen MR) is 114 cm³/mol. The van der Waals surface area contributed by atoms with Crippen molar-refractivity contribution in [3.8, 4) is 0 Å². The van der Waals surface area contributed by atoms with Gasteiger partial charge in [0, 0.05) is 52.4 Å². The van der Waals surface area contributed by atoms with Crippen molar-refractivity contribution in [3.05, 3.63) is 71.8 Å². The highest BCUT2D eigenvalue weighted by atomic mass is 15.4. The third-order valence-corrected chi connectivity index (χ3v) is 6.71. The quantitative estimate of drug-likeness (QED) is 0.796. The number of fused-ring (bicyclic) bond motifs is 4. The van der Waals surface area contributed by atoms with Crippen LogP contribution in [0, 0.1) is 0 Å². The van der Waals surface area contributed by atoms with Gasteiger partial charge in [0.25, 0.3) is 0 Å². The number of nitrogens with zero attached hydrogens (tertiary/aromatic N) is 4. The van der Waals surface area contributed by atoms with Crippen LogP contribution in [-0.4, -0.2) is 72.0 Å². The maximum Gasteiger partial charge on any atom is 0.0887 e. The van der Waals surface area contributed by atoms with Crippen LogP contribution in [-0.2, 0) is 0 Å². The molecule has 4 atom stereocenters. The van der Waals surface area contributed by atoms with E-state index in [-0.39, 0.29) is 0 Å². The SMILES string of the molecule is c1ccc(C2N3CCCN2CCN2CCCN(CC3)C2c2ccccc2)cc1. The van der Waals surface area contributed by atoms with Crippen LogP contribution in [0.15, 0.2) is 60.7 Å². The van der Waals surface area contributed by atoms with Gasteiger partial charge in [0.1, 0.15) is 0 Å². The highest BCUT2D eigenvalue weighted by Gasteiger charge is 2.36. The Morgan fingerprint density at radius 3 is 1.07 bits per heavy atom. The smallest absolute Gasteiger partial charge is 0.0887 e. The van der Waals surface area contributed by atoms with Crippen LogP contribution >= 0.6 is 0 Å². The molecule has 4 nitrogen and oxygen atoms in total. The summed E-state index contributed by atoms with van der Waals surface area (Å²) in [5.74, 6) is 0. The minimum Gasteiger partial charge on any atom is -0.283 e. The average molecular weight is 377 g/mol. The molecule has 5 rings (SSSR count). The molecule has 0 aromatic heterocycles. The van der Waals surface area contributed by atoms with Crippen LogP contribution in [0.25, 0.3) is 0 Å². The highest BCUT2D eigenvalue weighted by Crippen LogP contribution is 2.33. The van der Waals surface area contributed by atoms with E-state index >= 15 is 0 Å². The van der Waals surface area contributed by atoms with Crippen molar-refractivity contribution in [1.29, 1.82) is 0 Å². The first-order valence-electron chi connectivity index (χ1n) is 11.0. The molecule has 2 aromatic rings. The van der Waals surface area contributed by atoms with Crippen molar-refractivity contribution in [2.75, 3.05) is 52.4 Å². The zero-order chi connectivity index (χ0) is 18.8. The molecule has 3 aliphatic heterocycles. The molecular weight excluding hydrogens is 344 g/mol. The standard InChI is InChI=1S/C24H32N4/c1-3-9-21(10-4-1)23-25-13-7-14-26(23)18-20-28-16-8-15-27(19-17-25)24(28)22-11-5-2-6-12-22/h1-6,9-12,23-24H,7-8,13-20H2. The van der Waals surface area contributed by atoms with Gasteiger partial charge >= 0.3 is 0 Å². The van der Waals surface area contributed by atoms with E-state index in [1.165, 1.54) is 50.1 Å². The van der Waals surface area contributed by atoms with Gasteiger partial charge in [-0.05, 0) is 24.0 Å². The van der Waals surface area contributed by atoms with Gasteiger partial charge in [0.2, 0.25) is 0 Å². The lowest BCUT2D eigenvalue weighted by Gasteiger charge is -2.50. The van der Waals surface area contributed by atoms with Crippen LogP contribution in [0.3, 0.4) is 0 Å². The lowest BCUT2D eigenvalue weighted by molar-refractivity contribution is -0.0611. The van der Waals surface area contributed by atoms with Gasteiger partial charge in [0.05, 0.1) is 12.3 Å². The van der Waals surface area contributed by atoms with Crippen LogP contribution in [0.1, 0.15) is 36.3 Å². The molecule has 0 aliphatic carbocycles. The Hall–Kier alpha value is -1.72. The Morgan fingerprint density at radius 1 is 0.429 bits per heavy atom. The third-order valence-electron chi connectivity index (χ3n) is 6.71. The van der Waals surface area contributed by atoms with E-state index in [1.54, 1.807) is 0 Å². The van der Waals surface area contributed by atoms with Crippen LogP contribution < -0.4 is 0 Å². The average Bonchev–Trinajstić information content (AvgIpc) is 2.76. The monoisotopic (exact) mass is 376 g/mol. The van der Waals surface area contributed by atoms with Crippen LogP contribution in [0.5, 0.6) is 0 Å². The van der Waals surface area contributed by atoms with Crippen molar-refractivity contribution >= 4 is 0 Å². The molecule has 3 fully saturated rings. The summed E-state index contributed by atoms with van der Waals surface area (Å²) in [5.41, 5.74) is 2.91. The Bertz CT molecular complexity index is 660. The Labute approximate surface area is 169 Å². The van der Waals surface area contributed by atoms with Gasteiger partial charge in [-0.1, -0.05) is 60.7 Å². The fraction of sp³-hybridized carbons (Fsp3) is 0.500. The van der Waals surface area contributed by atoms with Crippen molar-refractivity contribution in [2.45, 2.75) is 25.2 Å². The summed E-state index contributed by atoms with van der Waals surface area (Å²) in [5, 5.41) is 0. The number of benzene rings is 2. The highest BCUT2D eigenvalue weighted by molar-refractivity contribution is 5.21. The zero-order valence-corrected chi connectivity index (χ0v) is 16.8. The summed E-state index contributed by atoms with van der Waals surface area (Å²) < 4.78 is 0. The molecule has 148 valence electrons. The summed E-state index contributed by atoms with van der Waals surface area (Å²) >= 11 is 0. The maximum absolute atomic E-state index is 2.73. The normalized spacial score (nSPS) is 35.9. The van der Waals surface area contributed by atoms with E-state index < -0.39 is 0 Å². The molecule has 4 bridgehead atoms. The van der Waals surface area contributed by atoms with Crippen LogP contribution in [0.2, 0.25) is 0 Å². The van der Waals surface area contributed by atoms with Gasteiger partial charge < -0.3 is 0 Å². The fourth-order valence-electron chi connectivity index (χ4n) is 5.45. The maximum atomic E-state index is 2.73. The lowest BCUT2D eigenvalue weighted by atomic mass is 10.0. The Morgan fingerprint density at radius 2 is 0.750 bits per heavy atom.